The Bertz CT molecular complexity index is 963. The Kier molecular flexibility index (Phi) is 5.60. The number of hydrogen-bond donors (Lipinski definition) is 1. The summed E-state index contributed by atoms with van der Waals surface area (Å²) in [6.45, 7) is 2.02. The highest BCUT2D eigenvalue weighted by molar-refractivity contribution is 6.30. The molecule has 1 aliphatic rings. The van der Waals surface area contributed by atoms with E-state index < -0.39 is 0 Å². The van der Waals surface area contributed by atoms with Gasteiger partial charge >= 0.3 is 0 Å². The SMILES string of the molecule is O=C(CN1CCn2cccc2C1c1ccc(Cl)cc1)NC=Cc1ccccc1. The van der Waals surface area contributed by atoms with Crippen LogP contribution in [0, 0.1) is 0 Å². The van der Waals surface area contributed by atoms with Crippen molar-refractivity contribution >= 4 is 23.6 Å². The number of fused-ring (bicyclic) bond motifs is 1. The van der Waals surface area contributed by atoms with Crippen molar-refractivity contribution in [3.05, 3.63) is 101 Å². The van der Waals surface area contributed by atoms with Crippen molar-refractivity contribution in [3.8, 4) is 0 Å². The number of benzene rings is 2. The second kappa shape index (κ2) is 8.46. The van der Waals surface area contributed by atoms with Crippen LogP contribution in [-0.4, -0.2) is 28.5 Å². The highest BCUT2D eigenvalue weighted by atomic mass is 35.5. The lowest BCUT2D eigenvalue weighted by atomic mass is 10.00. The number of rotatable bonds is 5. The molecule has 1 N–H and O–H groups in total. The summed E-state index contributed by atoms with van der Waals surface area (Å²) >= 11 is 6.07. The van der Waals surface area contributed by atoms with E-state index in [4.69, 9.17) is 11.6 Å². The molecule has 0 saturated carbocycles. The third-order valence-corrected chi connectivity index (χ3v) is 5.24. The Morgan fingerprint density at radius 1 is 1.04 bits per heavy atom. The van der Waals surface area contributed by atoms with Gasteiger partial charge in [-0.3, -0.25) is 9.69 Å². The van der Waals surface area contributed by atoms with Crippen LogP contribution in [0.4, 0.5) is 0 Å². The van der Waals surface area contributed by atoms with Crippen LogP contribution < -0.4 is 5.32 Å². The summed E-state index contributed by atoms with van der Waals surface area (Å²) in [5.41, 5.74) is 3.38. The van der Waals surface area contributed by atoms with Gasteiger partial charge in [0.2, 0.25) is 5.91 Å². The van der Waals surface area contributed by atoms with Gasteiger partial charge in [0.1, 0.15) is 0 Å². The Balaban J connectivity index is 1.48. The molecule has 1 unspecified atom stereocenters. The van der Waals surface area contributed by atoms with E-state index in [1.54, 1.807) is 6.20 Å². The van der Waals surface area contributed by atoms with Crippen LogP contribution in [0.3, 0.4) is 0 Å². The molecule has 1 atom stereocenters. The van der Waals surface area contributed by atoms with Crippen molar-refractivity contribution in [2.75, 3.05) is 13.1 Å². The highest BCUT2D eigenvalue weighted by Gasteiger charge is 2.29. The molecule has 142 valence electrons. The number of aromatic nitrogens is 1. The van der Waals surface area contributed by atoms with Gasteiger partial charge in [-0.05, 0) is 41.5 Å². The molecule has 0 aliphatic carbocycles. The van der Waals surface area contributed by atoms with E-state index in [1.165, 1.54) is 5.69 Å². The Morgan fingerprint density at radius 3 is 2.61 bits per heavy atom. The van der Waals surface area contributed by atoms with Crippen molar-refractivity contribution in [1.29, 1.82) is 0 Å². The Morgan fingerprint density at radius 2 is 1.82 bits per heavy atom. The number of carbonyl (C=O) groups excluding carboxylic acids is 1. The second-order valence-electron chi connectivity index (χ2n) is 6.86. The Labute approximate surface area is 170 Å². The highest BCUT2D eigenvalue weighted by Crippen LogP contribution is 2.32. The van der Waals surface area contributed by atoms with Crippen LogP contribution in [0.25, 0.3) is 6.08 Å². The van der Waals surface area contributed by atoms with E-state index in [-0.39, 0.29) is 11.9 Å². The van der Waals surface area contributed by atoms with Crippen molar-refractivity contribution < 1.29 is 4.79 Å². The van der Waals surface area contributed by atoms with E-state index in [9.17, 15) is 4.79 Å². The molecule has 0 fully saturated rings. The summed E-state index contributed by atoms with van der Waals surface area (Å²) in [6.07, 6.45) is 5.70. The molecule has 4 rings (SSSR count). The van der Waals surface area contributed by atoms with E-state index in [2.05, 4.69) is 33.1 Å². The zero-order chi connectivity index (χ0) is 19.3. The van der Waals surface area contributed by atoms with Crippen molar-refractivity contribution in [2.45, 2.75) is 12.6 Å². The van der Waals surface area contributed by atoms with Crippen LogP contribution in [0.15, 0.2) is 79.1 Å². The monoisotopic (exact) mass is 391 g/mol. The summed E-state index contributed by atoms with van der Waals surface area (Å²) in [6, 6.07) is 22.0. The molecule has 1 amide bonds. The summed E-state index contributed by atoms with van der Waals surface area (Å²) in [5.74, 6) is -0.0221. The maximum atomic E-state index is 12.6. The predicted octanol–water partition coefficient (Wildman–Crippen LogP) is 4.33. The van der Waals surface area contributed by atoms with Crippen molar-refractivity contribution in [3.63, 3.8) is 0 Å². The fourth-order valence-corrected chi connectivity index (χ4v) is 3.78. The first-order valence-corrected chi connectivity index (χ1v) is 9.74. The molecule has 1 aromatic heterocycles. The van der Waals surface area contributed by atoms with Gasteiger partial charge in [0.05, 0.1) is 12.6 Å². The molecule has 0 saturated heterocycles. The van der Waals surface area contributed by atoms with Gasteiger partial charge in [-0.15, -0.1) is 0 Å². The molecule has 5 heteroatoms. The number of hydrogen-bond acceptors (Lipinski definition) is 2. The number of nitrogens with one attached hydrogen (secondary N) is 1. The maximum Gasteiger partial charge on any atom is 0.238 e. The minimum atomic E-state index is -0.0221. The van der Waals surface area contributed by atoms with Gasteiger partial charge in [-0.25, -0.2) is 0 Å². The molecule has 0 bridgehead atoms. The van der Waals surface area contributed by atoms with Gasteiger partial charge in [-0.1, -0.05) is 54.1 Å². The standard InChI is InChI=1S/C23H22ClN3O/c24-20-10-8-19(9-11-20)23-21-7-4-14-26(21)15-16-27(23)17-22(28)25-13-12-18-5-2-1-3-6-18/h1-14,23H,15-17H2,(H,25,28). The van der Waals surface area contributed by atoms with Gasteiger partial charge in [-0.2, -0.15) is 0 Å². The molecular weight excluding hydrogens is 370 g/mol. The smallest absolute Gasteiger partial charge is 0.238 e. The summed E-state index contributed by atoms with van der Waals surface area (Å²) in [4.78, 5) is 14.8. The van der Waals surface area contributed by atoms with Crippen LogP contribution in [-0.2, 0) is 11.3 Å². The lowest BCUT2D eigenvalue weighted by molar-refractivity contribution is -0.121. The van der Waals surface area contributed by atoms with Gasteiger partial charge < -0.3 is 9.88 Å². The largest absolute Gasteiger partial charge is 0.348 e. The van der Waals surface area contributed by atoms with Gasteiger partial charge in [0.25, 0.3) is 0 Å². The van der Waals surface area contributed by atoms with E-state index in [1.807, 2.05) is 60.7 Å². The average molecular weight is 392 g/mol. The average Bonchev–Trinajstić information content (AvgIpc) is 3.18. The minimum Gasteiger partial charge on any atom is -0.348 e. The van der Waals surface area contributed by atoms with Crippen LogP contribution in [0.5, 0.6) is 0 Å². The summed E-state index contributed by atoms with van der Waals surface area (Å²) < 4.78 is 2.25. The molecule has 0 radical (unpaired) electrons. The number of halogens is 1. The molecular formula is C23H22ClN3O. The number of nitrogens with zero attached hydrogens (tertiary/aromatic N) is 2. The molecule has 0 spiro atoms. The van der Waals surface area contributed by atoms with Crippen molar-refractivity contribution in [2.24, 2.45) is 0 Å². The Hall–Kier alpha value is -2.82. The number of amides is 1. The van der Waals surface area contributed by atoms with Gasteiger partial charge in [0.15, 0.2) is 0 Å². The van der Waals surface area contributed by atoms with E-state index in [0.29, 0.717) is 11.6 Å². The lowest BCUT2D eigenvalue weighted by Crippen LogP contribution is -2.43. The first-order chi connectivity index (χ1) is 13.7. The first-order valence-electron chi connectivity index (χ1n) is 9.36. The molecule has 2 aromatic carbocycles. The fraction of sp³-hybridized carbons (Fsp3) is 0.174. The van der Waals surface area contributed by atoms with Gasteiger partial charge in [0, 0.05) is 36.2 Å². The normalized spacial score (nSPS) is 16.8. The third kappa shape index (κ3) is 4.19. The van der Waals surface area contributed by atoms with Crippen molar-refractivity contribution in [1.82, 2.24) is 14.8 Å². The minimum absolute atomic E-state index is 0.0221. The lowest BCUT2D eigenvalue weighted by Gasteiger charge is -2.36. The quantitative estimate of drug-likeness (QED) is 0.702. The molecule has 28 heavy (non-hydrogen) atoms. The molecule has 2 heterocycles. The van der Waals surface area contributed by atoms with E-state index in [0.717, 1.165) is 24.2 Å². The predicted molar refractivity (Wildman–Crippen MR) is 113 cm³/mol. The molecule has 1 aliphatic heterocycles. The third-order valence-electron chi connectivity index (χ3n) is 4.99. The van der Waals surface area contributed by atoms with E-state index >= 15 is 0 Å². The second-order valence-corrected chi connectivity index (χ2v) is 7.30. The summed E-state index contributed by atoms with van der Waals surface area (Å²) in [5, 5.41) is 3.60. The number of carbonyl (C=O) groups is 1. The maximum absolute atomic E-state index is 12.6. The van der Waals surface area contributed by atoms with Crippen LogP contribution in [0.1, 0.15) is 22.9 Å². The first kappa shape index (κ1) is 18.5. The summed E-state index contributed by atoms with van der Waals surface area (Å²) in [7, 11) is 0. The van der Waals surface area contributed by atoms with Crippen LogP contribution >= 0.6 is 11.6 Å². The fourth-order valence-electron chi connectivity index (χ4n) is 3.65. The molecule has 3 aromatic rings. The zero-order valence-corrected chi connectivity index (χ0v) is 16.2. The van der Waals surface area contributed by atoms with Crippen LogP contribution in [0.2, 0.25) is 5.02 Å². The topological polar surface area (TPSA) is 37.3 Å². The zero-order valence-electron chi connectivity index (χ0n) is 15.5. The molecule has 4 nitrogen and oxygen atoms in total.